The van der Waals surface area contributed by atoms with Crippen LogP contribution in [0, 0.1) is 18.7 Å². The van der Waals surface area contributed by atoms with Crippen molar-refractivity contribution < 1.29 is 9.18 Å². The second-order valence-corrected chi connectivity index (χ2v) is 4.93. The summed E-state index contributed by atoms with van der Waals surface area (Å²) in [6, 6.07) is 5.02. The number of benzene rings is 1. The zero-order valence-electron chi connectivity index (χ0n) is 11.0. The van der Waals surface area contributed by atoms with Gasteiger partial charge in [-0.25, -0.2) is 4.39 Å². The van der Waals surface area contributed by atoms with Crippen molar-refractivity contribution in [3.8, 4) is 0 Å². The third kappa shape index (κ3) is 5.57. The third-order valence-corrected chi connectivity index (χ3v) is 3.14. The van der Waals surface area contributed by atoms with Crippen molar-refractivity contribution in [3.05, 3.63) is 35.1 Å². The highest BCUT2D eigenvalue weighted by molar-refractivity contribution is 5.85. The van der Waals surface area contributed by atoms with Crippen molar-refractivity contribution in [2.75, 3.05) is 13.1 Å². The first kappa shape index (κ1) is 15.9. The topological polar surface area (TPSA) is 41.1 Å². The van der Waals surface area contributed by atoms with E-state index in [4.69, 9.17) is 0 Å². The molecular formula is C14H20ClFN2O. The van der Waals surface area contributed by atoms with E-state index in [0.717, 1.165) is 18.0 Å². The molecule has 5 heteroatoms. The molecule has 0 heterocycles. The monoisotopic (exact) mass is 286 g/mol. The van der Waals surface area contributed by atoms with Crippen molar-refractivity contribution in [2.45, 2.75) is 26.3 Å². The van der Waals surface area contributed by atoms with E-state index < -0.39 is 0 Å². The molecule has 0 unspecified atom stereocenters. The minimum Gasteiger partial charge on any atom is -0.351 e. The van der Waals surface area contributed by atoms with E-state index in [9.17, 15) is 9.18 Å². The highest BCUT2D eigenvalue weighted by Gasteiger charge is 2.20. The summed E-state index contributed by atoms with van der Waals surface area (Å²) in [5, 5.41) is 5.89. The van der Waals surface area contributed by atoms with Crippen molar-refractivity contribution in [2.24, 2.45) is 5.92 Å². The van der Waals surface area contributed by atoms with Crippen LogP contribution in [0.15, 0.2) is 18.2 Å². The molecular weight excluding hydrogens is 267 g/mol. The fourth-order valence-electron chi connectivity index (χ4n) is 1.72. The zero-order valence-corrected chi connectivity index (χ0v) is 11.9. The fourth-order valence-corrected chi connectivity index (χ4v) is 1.72. The highest BCUT2D eigenvalue weighted by Crippen LogP contribution is 2.27. The van der Waals surface area contributed by atoms with Gasteiger partial charge in [-0.3, -0.25) is 4.79 Å². The molecule has 19 heavy (non-hydrogen) atoms. The van der Waals surface area contributed by atoms with Gasteiger partial charge in [-0.2, -0.15) is 0 Å². The molecule has 3 nitrogen and oxygen atoms in total. The highest BCUT2D eigenvalue weighted by atomic mass is 35.5. The maximum atomic E-state index is 13.3. The van der Waals surface area contributed by atoms with E-state index in [1.807, 2.05) is 6.07 Å². The molecule has 106 valence electrons. The van der Waals surface area contributed by atoms with E-state index in [-0.39, 0.29) is 24.1 Å². The standard InChI is InChI=1S/C14H19FN2O.ClH/c1-10-2-3-12(6-13(10)15)8-17-14(18)9-16-7-11-4-5-11;/h2-3,6,11,16H,4-5,7-9H2,1H3,(H,17,18);1H. The van der Waals surface area contributed by atoms with Crippen LogP contribution < -0.4 is 10.6 Å². The molecule has 0 saturated heterocycles. The lowest BCUT2D eigenvalue weighted by atomic mass is 10.1. The van der Waals surface area contributed by atoms with Gasteiger partial charge in [0.15, 0.2) is 0 Å². The number of hydrogen-bond acceptors (Lipinski definition) is 2. The average Bonchev–Trinajstić information content (AvgIpc) is 3.15. The molecule has 1 aromatic rings. The van der Waals surface area contributed by atoms with Crippen molar-refractivity contribution in [1.82, 2.24) is 10.6 Å². The van der Waals surface area contributed by atoms with Crippen molar-refractivity contribution >= 4 is 18.3 Å². The fraction of sp³-hybridized carbons (Fsp3) is 0.500. The summed E-state index contributed by atoms with van der Waals surface area (Å²) in [6.45, 7) is 3.36. The lowest BCUT2D eigenvalue weighted by molar-refractivity contribution is -0.120. The molecule has 0 radical (unpaired) electrons. The van der Waals surface area contributed by atoms with E-state index in [0.29, 0.717) is 18.7 Å². The Kier molecular flexibility index (Phi) is 6.25. The number of carbonyl (C=O) groups is 1. The third-order valence-electron chi connectivity index (χ3n) is 3.14. The molecule has 1 aromatic carbocycles. The van der Waals surface area contributed by atoms with Crippen molar-refractivity contribution in [3.63, 3.8) is 0 Å². The van der Waals surface area contributed by atoms with Gasteiger partial charge in [-0.15, -0.1) is 12.4 Å². The molecule has 0 spiro atoms. The van der Waals surface area contributed by atoms with Gasteiger partial charge in [0.05, 0.1) is 6.54 Å². The van der Waals surface area contributed by atoms with E-state index in [1.165, 1.54) is 18.9 Å². The molecule has 0 aromatic heterocycles. The average molecular weight is 287 g/mol. The predicted molar refractivity (Wildman–Crippen MR) is 75.8 cm³/mol. The Morgan fingerprint density at radius 1 is 1.42 bits per heavy atom. The SMILES string of the molecule is Cc1ccc(CNC(=O)CNCC2CC2)cc1F.Cl. The Balaban J connectivity index is 0.00000180. The zero-order chi connectivity index (χ0) is 13.0. The maximum Gasteiger partial charge on any atom is 0.234 e. The molecule has 0 bridgehead atoms. The molecule has 1 saturated carbocycles. The van der Waals surface area contributed by atoms with Gasteiger partial charge in [-0.05, 0) is 49.4 Å². The van der Waals surface area contributed by atoms with E-state index >= 15 is 0 Å². The van der Waals surface area contributed by atoms with Gasteiger partial charge in [0.25, 0.3) is 0 Å². The molecule has 2 rings (SSSR count). The molecule has 1 amide bonds. The van der Waals surface area contributed by atoms with Crippen LogP contribution in [0.25, 0.3) is 0 Å². The van der Waals surface area contributed by atoms with Crippen LogP contribution in [0.2, 0.25) is 0 Å². The van der Waals surface area contributed by atoms with Gasteiger partial charge < -0.3 is 10.6 Å². The van der Waals surface area contributed by atoms with Crippen LogP contribution >= 0.6 is 12.4 Å². The summed E-state index contributed by atoms with van der Waals surface area (Å²) in [7, 11) is 0. The summed E-state index contributed by atoms with van der Waals surface area (Å²) < 4.78 is 13.3. The minimum atomic E-state index is -0.228. The van der Waals surface area contributed by atoms with Gasteiger partial charge >= 0.3 is 0 Å². The molecule has 0 aliphatic heterocycles. The van der Waals surface area contributed by atoms with Crippen LogP contribution in [0.4, 0.5) is 4.39 Å². The number of amides is 1. The summed E-state index contributed by atoms with van der Waals surface area (Å²) in [6.07, 6.45) is 2.55. The second kappa shape index (κ2) is 7.46. The quantitative estimate of drug-likeness (QED) is 0.841. The molecule has 1 aliphatic rings. The molecule has 2 N–H and O–H groups in total. The molecule has 1 aliphatic carbocycles. The second-order valence-electron chi connectivity index (χ2n) is 4.93. The van der Waals surface area contributed by atoms with E-state index in [1.54, 1.807) is 13.0 Å². The van der Waals surface area contributed by atoms with Crippen molar-refractivity contribution in [1.29, 1.82) is 0 Å². The summed E-state index contributed by atoms with van der Waals surface area (Å²) in [5.74, 6) is 0.495. The van der Waals surface area contributed by atoms with Crippen LogP contribution in [0.1, 0.15) is 24.0 Å². The number of nitrogens with one attached hydrogen (secondary N) is 2. The lowest BCUT2D eigenvalue weighted by Gasteiger charge is -2.07. The van der Waals surface area contributed by atoms with E-state index in [2.05, 4.69) is 10.6 Å². The lowest BCUT2D eigenvalue weighted by Crippen LogP contribution is -2.34. The summed E-state index contributed by atoms with van der Waals surface area (Å²) >= 11 is 0. The minimum absolute atomic E-state index is 0. The Labute approximate surface area is 119 Å². The molecule has 0 atom stereocenters. The normalized spacial score (nSPS) is 13.8. The number of carbonyl (C=O) groups excluding carboxylic acids is 1. The number of aryl methyl sites for hydroxylation is 1. The number of hydrogen-bond donors (Lipinski definition) is 2. The summed E-state index contributed by atoms with van der Waals surface area (Å²) in [5.41, 5.74) is 1.41. The summed E-state index contributed by atoms with van der Waals surface area (Å²) in [4.78, 5) is 11.5. The van der Waals surface area contributed by atoms with Gasteiger partial charge in [-0.1, -0.05) is 12.1 Å². The first-order valence-electron chi connectivity index (χ1n) is 6.37. The van der Waals surface area contributed by atoms with Crippen LogP contribution in [-0.4, -0.2) is 19.0 Å². The smallest absolute Gasteiger partial charge is 0.234 e. The van der Waals surface area contributed by atoms with Gasteiger partial charge in [0.1, 0.15) is 5.82 Å². The molecule has 1 fully saturated rings. The Morgan fingerprint density at radius 3 is 2.79 bits per heavy atom. The largest absolute Gasteiger partial charge is 0.351 e. The Bertz CT molecular complexity index is 435. The van der Waals surface area contributed by atoms with Crippen LogP contribution in [-0.2, 0) is 11.3 Å². The maximum absolute atomic E-state index is 13.3. The number of halogens is 2. The van der Waals surface area contributed by atoms with Gasteiger partial charge in [0, 0.05) is 6.54 Å². The first-order valence-corrected chi connectivity index (χ1v) is 6.37. The Hall–Kier alpha value is -1.13. The number of rotatable bonds is 6. The van der Waals surface area contributed by atoms with Gasteiger partial charge in [0.2, 0.25) is 5.91 Å². The van der Waals surface area contributed by atoms with Crippen LogP contribution in [0.3, 0.4) is 0 Å². The Morgan fingerprint density at radius 2 is 2.16 bits per heavy atom. The first-order chi connectivity index (χ1) is 8.65. The predicted octanol–water partition coefficient (Wildman–Crippen LogP) is 2.17. The van der Waals surface area contributed by atoms with Crippen LogP contribution in [0.5, 0.6) is 0 Å².